The summed E-state index contributed by atoms with van der Waals surface area (Å²) in [4.78, 5) is 37.1. The molecule has 3 amide bonds. The molecule has 4 rings (SSSR count). The van der Waals surface area contributed by atoms with Crippen LogP contribution in [-0.4, -0.2) is 36.2 Å². The van der Waals surface area contributed by atoms with Crippen LogP contribution >= 0.6 is 0 Å². The Morgan fingerprint density at radius 1 is 0.872 bits per heavy atom. The number of aromatic nitrogens is 1. The highest BCUT2D eigenvalue weighted by atomic mass is 16.5. The number of nitrogens with one attached hydrogen (secondary N) is 3. The van der Waals surface area contributed by atoms with Crippen LogP contribution < -0.4 is 20.7 Å². The summed E-state index contributed by atoms with van der Waals surface area (Å²) in [5.41, 5.74) is 2.13. The van der Waals surface area contributed by atoms with E-state index in [1.54, 1.807) is 56.3 Å². The first-order chi connectivity index (χ1) is 18.8. The third-order valence-corrected chi connectivity index (χ3v) is 5.69. The van der Waals surface area contributed by atoms with Crippen molar-refractivity contribution in [2.45, 2.75) is 19.9 Å². The van der Waals surface area contributed by atoms with E-state index in [2.05, 4.69) is 21.1 Å². The highest BCUT2D eigenvalue weighted by Gasteiger charge is 2.27. The zero-order valence-corrected chi connectivity index (χ0v) is 21.6. The molecule has 0 bridgehead atoms. The monoisotopic (exact) mass is 528 g/mol. The quantitative estimate of drug-likeness (QED) is 0.237. The summed E-state index contributed by atoms with van der Waals surface area (Å²) in [6.45, 7) is 3.58. The van der Waals surface area contributed by atoms with E-state index in [4.69, 9.17) is 14.0 Å². The average molecular weight is 529 g/mol. The lowest BCUT2D eigenvalue weighted by Crippen LogP contribution is -2.44. The third-order valence-electron chi connectivity index (χ3n) is 5.69. The number of para-hydroxylation sites is 3. The molecule has 0 fully saturated rings. The zero-order valence-electron chi connectivity index (χ0n) is 21.6. The minimum Gasteiger partial charge on any atom is -0.467 e. The highest BCUT2D eigenvalue weighted by Crippen LogP contribution is 2.29. The lowest BCUT2D eigenvalue weighted by atomic mass is 10.0. The second kappa shape index (κ2) is 12.4. The third kappa shape index (κ3) is 7.01. The number of benzene rings is 3. The van der Waals surface area contributed by atoms with Crippen molar-refractivity contribution >= 4 is 29.3 Å². The second-order valence-corrected chi connectivity index (χ2v) is 8.86. The van der Waals surface area contributed by atoms with Gasteiger partial charge in [-0.2, -0.15) is 0 Å². The normalized spacial score (nSPS) is 11.4. The van der Waals surface area contributed by atoms with Crippen LogP contribution in [0.5, 0.6) is 11.5 Å². The Hall–Kier alpha value is -5.12. The fourth-order valence-corrected chi connectivity index (χ4v) is 3.64. The Labute approximate surface area is 225 Å². The van der Waals surface area contributed by atoms with Crippen molar-refractivity contribution < 1.29 is 28.4 Å². The molecule has 1 heterocycles. The first kappa shape index (κ1) is 26.9. The fraction of sp³-hybridized carbons (Fsp3) is 0.172. The molecule has 1 aromatic heterocycles. The molecule has 0 spiro atoms. The van der Waals surface area contributed by atoms with Crippen LogP contribution in [0.2, 0.25) is 0 Å². The van der Waals surface area contributed by atoms with Crippen LogP contribution in [0.1, 0.15) is 24.4 Å². The summed E-state index contributed by atoms with van der Waals surface area (Å²) in [5, 5.41) is 12.1. The number of hydrogen-bond acceptors (Lipinski definition) is 7. The summed E-state index contributed by atoms with van der Waals surface area (Å²) >= 11 is 0. The summed E-state index contributed by atoms with van der Waals surface area (Å²) in [7, 11) is 1.26. The predicted molar refractivity (Wildman–Crippen MR) is 146 cm³/mol. The first-order valence-corrected chi connectivity index (χ1v) is 12.2. The van der Waals surface area contributed by atoms with E-state index in [0.29, 0.717) is 34.1 Å². The molecule has 0 saturated heterocycles. The van der Waals surface area contributed by atoms with E-state index in [0.717, 1.165) is 0 Å². The summed E-state index contributed by atoms with van der Waals surface area (Å²) in [6, 6.07) is 23.5. The number of hydrogen-bond donors (Lipinski definition) is 3. The van der Waals surface area contributed by atoms with Gasteiger partial charge in [0, 0.05) is 17.3 Å². The zero-order chi connectivity index (χ0) is 27.8. The van der Waals surface area contributed by atoms with Gasteiger partial charge >= 0.3 is 12.0 Å². The molecule has 0 aliphatic carbocycles. The number of methoxy groups -OCH3 is 1. The van der Waals surface area contributed by atoms with Crippen LogP contribution in [0.3, 0.4) is 0 Å². The molecule has 3 N–H and O–H groups in total. The van der Waals surface area contributed by atoms with Gasteiger partial charge in [0.2, 0.25) is 5.76 Å². The molecule has 1 atom stereocenters. The Morgan fingerprint density at radius 3 is 2.26 bits per heavy atom. The second-order valence-electron chi connectivity index (χ2n) is 8.86. The van der Waals surface area contributed by atoms with E-state index in [1.165, 1.54) is 13.2 Å². The topological polar surface area (TPSA) is 132 Å². The molecular formula is C29H28N4O6. The number of rotatable bonds is 9. The van der Waals surface area contributed by atoms with Gasteiger partial charge in [0.1, 0.15) is 17.5 Å². The molecule has 0 saturated carbocycles. The molecule has 10 nitrogen and oxygen atoms in total. The molecule has 0 unspecified atom stereocenters. The van der Waals surface area contributed by atoms with Crippen molar-refractivity contribution in [3.63, 3.8) is 0 Å². The minimum absolute atomic E-state index is 0.0440. The lowest BCUT2D eigenvalue weighted by Gasteiger charge is -2.18. The number of carbonyl (C=O) groups is 3. The van der Waals surface area contributed by atoms with Gasteiger partial charge in [-0.1, -0.05) is 61.5 Å². The van der Waals surface area contributed by atoms with Crippen molar-refractivity contribution in [2.24, 2.45) is 5.92 Å². The fourth-order valence-electron chi connectivity index (χ4n) is 3.64. The van der Waals surface area contributed by atoms with Gasteiger partial charge in [0.05, 0.1) is 12.8 Å². The predicted octanol–water partition coefficient (Wildman–Crippen LogP) is 5.71. The van der Waals surface area contributed by atoms with Gasteiger partial charge in [-0.05, 0) is 42.3 Å². The Bertz CT molecular complexity index is 1430. The number of nitrogens with zero attached hydrogens (tertiary/aromatic N) is 1. The number of esters is 1. The standard InChI is InChI=1S/C29H28N4O6/c1-18(2)26(28(35)37-3)32-27(34)25-17-23(33-39-25)19-13-15-20(16-14-19)30-29(36)31-22-11-7-8-12-24(22)38-21-9-5-4-6-10-21/h4-18,26H,1-3H3,(H,32,34)(H2,30,31,36)/t26-/m0/s1. The van der Waals surface area contributed by atoms with Crippen molar-refractivity contribution in [1.29, 1.82) is 0 Å². The molecular weight excluding hydrogens is 500 g/mol. The van der Waals surface area contributed by atoms with E-state index in [9.17, 15) is 14.4 Å². The van der Waals surface area contributed by atoms with E-state index >= 15 is 0 Å². The smallest absolute Gasteiger partial charge is 0.328 e. The van der Waals surface area contributed by atoms with E-state index < -0.39 is 23.9 Å². The van der Waals surface area contributed by atoms with Crippen molar-refractivity contribution in [2.75, 3.05) is 17.7 Å². The van der Waals surface area contributed by atoms with E-state index in [1.807, 2.05) is 36.4 Å². The molecule has 200 valence electrons. The Morgan fingerprint density at radius 2 is 1.56 bits per heavy atom. The maximum atomic E-state index is 12.6. The van der Waals surface area contributed by atoms with Crippen molar-refractivity contribution in [3.05, 3.63) is 90.7 Å². The highest BCUT2D eigenvalue weighted by molar-refractivity contribution is 6.01. The van der Waals surface area contributed by atoms with Crippen LogP contribution in [0.15, 0.2) is 89.5 Å². The van der Waals surface area contributed by atoms with Gasteiger partial charge in [-0.25, -0.2) is 9.59 Å². The maximum absolute atomic E-state index is 12.6. The first-order valence-electron chi connectivity index (χ1n) is 12.2. The summed E-state index contributed by atoms with van der Waals surface area (Å²) in [5.74, 6) is -0.184. The number of carbonyl (C=O) groups excluding carboxylic acids is 3. The van der Waals surface area contributed by atoms with Gasteiger partial charge in [-0.15, -0.1) is 0 Å². The van der Waals surface area contributed by atoms with Gasteiger partial charge in [0.25, 0.3) is 5.91 Å². The van der Waals surface area contributed by atoms with Crippen molar-refractivity contribution in [1.82, 2.24) is 10.5 Å². The van der Waals surface area contributed by atoms with Gasteiger partial charge < -0.3 is 29.9 Å². The van der Waals surface area contributed by atoms with E-state index in [-0.39, 0.29) is 11.7 Å². The lowest BCUT2D eigenvalue weighted by molar-refractivity contribution is -0.144. The largest absolute Gasteiger partial charge is 0.467 e. The molecule has 4 aromatic rings. The average Bonchev–Trinajstić information content (AvgIpc) is 3.44. The molecule has 3 aromatic carbocycles. The molecule has 0 aliphatic heterocycles. The van der Waals surface area contributed by atoms with Crippen LogP contribution in [0.4, 0.5) is 16.2 Å². The van der Waals surface area contributed by atoms with Gasteiger partial charge in [-0.3, -0.25) is 4.79 Å². The summed E-state index contributed by atoms with van der Waals surface area (Å²) in [6.07, 6.45) is 0. The Kier molecular flexibility index (Phi) is 8.57. The summed E-state index contributed by atoms with van der Waals surface area (Å²) < 4.78 is 15.8. The number of urea groups is 1. The van der Waals surface area contributed by atoms with Gasteiger partial charge in [0.15, 0.2) is 5.75 Å². The maximum Gasteiger partial charge on any atom is 0.328 e. The molecule has 39 heavy (non-hydrogen) atoms. The molecule has 10 heteroatoms. The van der Waals surface area contributed by atoms with Crippen LogP contribution in [-0.2, 0) is 9.53 Å². The van der Waals surface area contributed by atoms with Crippen molar-refractivity contribution in [3.8, 4) is 22.8 Å². The van der Waals surface area contributed by atoms with Crippen LogP contribution in [0.25, 0.3) is 11.3 Å². The molecule has 0 radical (unpaired) electrons. The van der Waals surface area contributed by atoms with Crippen LogP contribution in [0, 0.1) is 5.92 Å². The number of amides is 3. The number of ether oxygens (including phenoxy) is 2. The Balaban J connectivity index is 1.37. The minimum atomic E-state index is -0.815. The number of anilines is 2. The SMILES string of the molecule is COC(=O)[C@@H](NC(=O)c1cc(-c2ccc(NC(=O)Nc3ccccc3Oc3ccccc3)cc2)no1)C(C)C. The molecule has 0 aliphatic rings.